The van der Waals surface area contributed by atoms with Crippen LogP contribution < -0.4 is 0 Å². The molecule has 1 saturated heterocycles. The largest absolute Gasteiger partial charge is 0.508 e. The van der Waals surface area contributed by atoms with E-state index in [0.717, 1.165) is 6.54 Å². The minimum atomic E-state index is 0.317. The zero-order valence-corrected chi connectivity index (χ0v) is 10.2. The molecule has 0 aliphatic carbocycles. The van der Waals surface area contributed by atoms with Gasteiger partial charge in [0.05, 0.1) is 0 Å². The Labute approximate surface area is 97.9 Å². The molecule has 0 bridgehead atoms. The zero-order chi connectivity index (χ0) is 11.6. The molecule has 1 unspecified atom stereocenters. The van der Waals surface area contributed by atoms with Crippen molar-refractivity contribution in [2.24, 2.45) is 0 Å². The summed E-state index contributed by atoms with van der Waals surface area (Å²) in [5.41, 5.74) is 1.70. The molecule has 0 radical (unpaired) electrons. The van der Waals surface area contributed by atoms with Crippen molar-refractivity contribution >= 4 is 0 Å². The van der Waals surface area contributed by atoms with Crippen molar-refractivity contribution in [3.8, 4) is 5.75 Å². The number of phenolic OH excluding ortho intramolecular Hbond substituents is 1. The normalized spacial score (nSPS) is 26.1. The van der Waals surface area contributed by atoms with Crippen LogP contribution in [0.1, 0.15) is 31.7 Å². The number of nitrogens with zero attached hydrogens (tertiary/aromatic N) is 1. The molecule has 0 saturated carbocycles. The van der Waals surface area contributed by atoms with Gasteiger partial charge in [-0.05, 0) is 44.1 Å². The molecule has 1 atom stereocenters. The SMILES string of the molecule is CCCC1(c2ccc(O)cc2)CCN(C)C1. The molecule has 1 heterocycles. The number of likely N-dealkylation sites (tertiary alicyclic amines) is 1. The molecule has 1 N–H and O–H groups in total. The van der Waals surface area contributed by atoms with Crippen LogP contribution in [0.25, 0.3) is 0 Å². The number of benzene rings is 1. The first-order chi connectivity index (χ1) is 7.66. The third-order valence-corrected chi connectivity index (χ3v) is 3.75. The van der Waals surface area contributed by atoms with E-state index in [2.05, 4.69) is 31.0 Å². The highest BCUT2D eigenvalue weighted by molar-refractivity contribution is 5.33. The van der Waals surface area contributed by atoms with Gasteiger partial charge in [0.2, 0.25) is 0 Å². The zero-order valence-electron chi connectivity index (χ0n) is 10.2. The minimum absolute atomic E-state index is 0.317. The fraction of sp³-hybridized carbons (Fsp3) is 0.571. The van der Waals surface area contributed by atoms with Gasteiger partial charge in [-0.15, -0.1) is 0 Å². The van der Waals surface area contributed by atoms with Crippen molar-refractivity contribution in [3.05, 3.63) is 29.8 Å². The van der Waals surface area contributed by atoms with Crippen LogP contribution in [0.3, 0.4) is 0 Å². The average Bonchev–Trinajstić information content (AvgIpc) is 2.63. The van der Waals surface area contributed by atoms with E-state index in [-0.39, 0.29) is 0 Å². The molecule has 0 aromatic heterocycles. The van der Waals surface area contributed by atoms with Crippen LogP contribution in [-0.4, -0.2) is 30.1 Å². The van der Waals surface area contributed by atoms with E-state index in [4.69, 9.17) is 0 Å². The number of rotatable bonds is 3. The van der Waals surface area contributed by atoms with E-state index in [9.17, 15) is 5.11 Å². The summed E-state index contributed by atoms with van der Waals surface area (Å²) in [5.74, 6) is 0.363. The van der Waals surface area contributed by atoms with Crippen LogP contribution in [0.5, 0.6) is 5.75 Å². The summed E-state index contributed by atoms with van der Waals surface area (Å²) in [4.78, 5) is 2.41. The molecule has 0 spiro atoms. The Balaban J connectivity index is 2.28. The molecule has 2 heteroatoms. The molecule has 2 nitrogen and oxygen atoms in total. The van der Waals surface area contributed by atoms with E-state index >= 15 is 0 Å². The molecule has 16 heavy (non-hydrogen) atoms. The van der Waals surface area contributed by atoms with Gasteiger partial charge < -0.3 is 10.0 Å². The van der Waals surface area contributed by atoms with Crippen LogP contribution in [0, 0.1) is 0 Å². The molecule has 2 rings (SSSR count). The first-order valence-corrected chi connectivity index (χ1v) is 6.14. The van der Waals surface area contributed by atoms with E-state index in [1.165, 1.54) is 31.4 Å². The molecule has 0 amide bonds. The topological polar surface area (TPSA) is 23.5 Å². The van der Waals surface area contributed by atoms with E-state index in [1.807, 2.05) is 12.1 Å². The maximum atomic E-state index is 9.35. The number of aromatic hydroxyl groups is 1. The Morgan fingerprint density at radius 1 is 1.31 bits per heavy atom. The third kappa shape index (κ3) is 2.07. The van der Waals surface area contributed by atoms with Crippen molar-refractivity contribution in [1.82, 2.24) is 4.90 Å². The highest BCUT2D eigenvalue weighted by Gasteiger charge is 2.37. The molecule has 1 fully saturated rings. The minimum Gasteiger partial charge on any atom is -0.508 e. The van der Waals surface area contributed by atoms with Gasteiger partial charge in [-0.2, -0.15) is 0 Å². The monoisotopic (exact) mass is 219 g/mol. The molecular weight excluding hydrogens is 198 g/mol. The molecule has 1 aliphatic heterocycles. The van der Waals surface area contributed by atoms with E-state index < -0.39 is 0 Å². The molecular formula is C14H21NO. The van der Waals surface area contributed by atoms with Gasteiger partial charge in [-0.25, -0.2) is 0 Å². The Morgan fingerprint density at radius 2 is 2.00 bits per heavy atom. The predicted molar refractivity (Wildman–Crippen MR) is 66.8 cm³/mol. The van der Waals surface area contributed by atoms with Crippen LogP contribution in [0.15, 0.2) is 24.3 Å². The fourth-order valence-electron chi connectivity index (χ4n) is 2.96. The van der Waals surface area contributed by atoms with Gasteiger partial charge in [0.25, 0.3) is 0 Å². The van der Waals surface area contributed by atoms with Crippen molar-refractivity contribution in [2.75, 3.05) is 20.1 Å². The van der Waals surface area contributed by atoms with Gasteiger partial charge in [0, 0.05) is 12.0 Å². The van der Waals surface area contributed by atoms with Crippen LogP contribution in [0.4, 0.5) is 0 Å². The van der Waals surface area contributed by atoms with Gasteiger partial charge in [-0.1, -0.05) is 25.5 Å². The predicted octanol–water partition coefficient (Wildman–Crippen LogP) is 2.77. The standard InChI is InChI=1S/C14H21NO/c1-3-8-14(9-10-15(2)11-14)12-4-6-13(16)7-5-12/h4-7,16H,3,8-11H2,1-2H3. The average molecular weight is 219 g/mol. The van der Waals surface area contributed by atoms with E-state index in [0.29, 0.717) is 11.2 Å². The first-order valence-electron chi connectivity index (χ1n) is 6.14. The van der Waals surface area contributed by atoms with Crippen LogP contribution in [-0.2, 0) is 5.41 Å². The van der Waals surface area contributed by atoms with Crippen molar-refractivity contribution < 1.29 is 5.11 Å². The summed E-state index contributed by atoms with van der Waals surface area (Å²) in [7, 11) is 2.19. The lowest BCUT2D eigenvalue weighted by Gasteiger charge is -2.29. The second-order valence-electron chi connectivity index (χ2n) is 5.06. The lowest BCUT2D eigenvalue weighted by molar-refractivity contribution is 0.350. The lowest BCUT2D eigenvalue weighted by atomic mass is 9.76. The highest BCUT2D eigenvalue weighted by Crippen LogP contribution is 2.38. The van der Waals surface area contributed by atoms with Gasteiger partial charge >= 0.3 is 0 Å². The molecule has 1 aromatic rings. The smallest absolute Gasteiger partial charge is 0.115 e. The van der Waals surface area contributed by atoms with E-state index in [1.54, 1.807) is 0 Å². The van der Waals surface area contributed by atoms with Crippen LogP contribution in [0.2, 0.25) is 0 Å². The summed E-state index contributed by atoms with van der Waals surface area (Å²) in [6.07, 6.45) is 3.69. The summed E-state index contributed by atoms with van der Waals surface area (Å²) in [5, 5.41) is 9.35. The highest BCUT2D eigenvalue weighted by atomic mass is 16.3. The Bertz CT molecular complexity index is 342. The summed E-state index contributed by atoms with van der Waals surface area (Å²) >= 11 is 0. The van der Waals surface area contributed by atoms with Crippen molar-refractivity contribution in [3.63, 3.8) is 0 Å². The number of phenols is 1. The van der Waals surface area contributed by atoms with Gasteiger partial charge in [0.1, 0.15) is 5.75 Å². The quantitative estimate of drug-likeness (QED) is 0.845. The molecule has 88 valence electrons. The second kappa shape index (κ2) is 4.46. The van der Waals surface area contributed by atoms with Crippen LogP contribution >= 0.6 is 0 Å². The number of hydrogen-bond acceptors (Lipinski definition) is 2. The summed E-state index contributed by atoms with van der Waals surface area (Å²) in [6, 6.07) is 7.80. The van der Waals surface area contributed by atoms with Crippen molar-refractivity contribution in [1.29, 1.82) is 0 Å². The number of hydrogen-bond donors (Lipinski definition) is 1. The Morgan fingerprint density at radius 3 is 2.50 bits per heavy atom. The lowest BCUT2D eigenvalue weighted by Crippen LogP contribution is -2.29. The maximum absolute atomic E-state index is 9.35. The Kier molecular flexibility index (Phi) is 3.20. The first kappa shape index (κ1) is 11.5. The maximum Gasteiger partial charge on any atom is 0.115 e. The molecule has 1 aliphatic rings. The third-order valence-electron chi connectivity index (χ3n) is 3.75. The summed E-state index contributed by atoms with van der Waals surface area (Å²) in [6.45, 7) is 4.58. The second-order valence-corrected chi connectivity index (χ2v) is 5.06. The van der Waals surface area contributed by atoms with Crippen molar-refractivity contribution in [2.45, 2.75) is 31.6 Å². The molecule has 1 aromatic carbocycles. The van der Waals surface area contributed by atoms with Gasteiger partial charge in [-0.3, -0.25) is 0 Å². The fourth-order valence-corrected chi connectivity index (χ4v) is 2.96. The van der Waals surface area contributed by atoms with Gasteiger partial charge in [0.15, 0.2) is 0 Å². The summed E-state index contributed by atoms with van der Waals surface area (Å²) < 4.78 is 0. The number of likely N-dealkylation sites (N-methyl/N-ethyl adjacent to an activating group) is 1. The Hall–Kier alpha value is -1.02.